The van der Waals surface area contributed by atoms with Gasteiger partial charge in [0.25, 0.3) is 0 Å². The predicted molar refractivity (Wildman–Crippen MR) is 42.1 cm³/mol. The lowest BCUT2D eigenvalue weighted by Gasteiger charge is -2.10. The van der Waals surface area contributed by atoms with Crippen molar-refractivity contribution >= 4 is 0 Å². The van der Waals surface area contributed by atoms with Crippen molar-refractivity contribution in [1.29, 1.82) is 0 Å². The minimum absolute atomic E-state index is 0.806. The van der Waals surface area contributed by atoms with Gasteiger partial charge in [0.05, 0.1) is 0 Å². The number of methoxy groups -OCH3 is 1. The molecule has 1 unspecified atom stereocenters. The number of hydrogen-bond donors (Lipinski definition) is 1. The molecule has 0 amide bonds. The first-order valence-corrected chi connectivity index (χ1v) is 4.13. The van der Waals surface area contributed by atoms with Gasteiger partial charge < -0.3 is 10.1 Å². The molecule has 1 aliphatic heterocycles. The van der Waals surface area contributed by atoms with Crippen LogP contribution in [-0.2, 0) is 4.74 Å². The molecule has 0 spiro atoms. The van der Waals surface area contributed by atoms with Gasteiger partial charge in [0.1, 0.15) is 0 Å². The summed E-state index contributed by atoms with van der Waals surface area (Å²) >= 11 is 0. The summed E-state index contributed by atoms with van der Waals surface area (Å²) in [5.74, 6) is 0.806. The molecule has 0 saturated carbocycles. The Morgan fingerprint density at radius 1 is 1.40 bits per heavy atom. The molecule has 2 nitrogen and oxygen atoms in total. The maximum Gasteiger partial charge on any atom is 0.0490 e. The molecule has 0 aromatic heterocycles. The zero-order chi connectivity index (χ0) is 7.23. The Balaban J connectivity index is 2.15. The Labute approximate surface area is 63.0 Å². The first kappa shape index (κ1) is 8.02. The van der Waals surface area contributed by atoms with Crippen molar-refractivity contribution in [1.82, 2.24) is 5.32 Å². The molecule has 1 heterocycles. The predicted octanol–water partition coefficient (Wildman–Crippen LogP) is 1.02. The zero-order valence-electron chi connectivity index (χ0n) is 6.73. The van der Waals surface area contributed by atoms with Gasteiger partial charge >= 0.3 is 0 Å². The summed E-state index contributed by atoms with van der Waals surface area (Å²) in [5, 5.41) is 3.38. The van der Waals surface area contributed by atoms with Gasteiger partial charge in [0.15, 0.2) is 0 Å². The lowest BCUT2D eigenvalue weighted by atomic mass is 10.0. The van der Waals surface area contributed by atoms with Gasteiger partial charge in [-0.1, -0.05) is 0 Å². The summed E-state index contributed by atoms with van der Waals surface area (Å²) in [4.78, 5) is 0. The van der Waals surface area contributed by atoms with E-state index in [0.29, 0.717) is 0 Å². The highest BCUT2D eigenvalue weighted by Gasteiger charge is 2.10. The van der Waals surface area contributed by atoms with E-state index in [2.05, 4.69) is 5.32 Å². The zero-order valence-corrected chi connectivity index (χ0v) is 6.73. The average molecular weight is 143 g/mol. The molecule has 0 bridgehead atoms. The Kier molecular flexibility index (Phi) is 3.76. The average Bonchev–Trinajstić information content (AvgIpc) is 2.17. The summed E-state index contributed by atoms with van der Waals surface area (Å²) in [6, 6.07) is 0. The molecule has 10 heavy (non-hydrogen) atoms. The second-order valence-corrected chi connectivity index (χ2v) is 3.00. The maximum absolute atomic E-state index is 5.11. The molecule has 60 valence electrons. The second kappa shape index (κ2) is 4.69. The van der Waals surface area contributed by atoms with Crippen molar-refractivity contribution in [3.8, 4) is 0 Å². The van der Waals surface area contributed by atoms with E-state index in [9.17, 15) is 0 Å². The minimum Gasteiger partial charge on any atom is -0.384 e. The van der Waals surface area contributed by atoms with Crippen molar-refractivity contribution < 1.29 is 4.74 Å². The van der Waals surface area contributed by atoms with Crippen LogP contribution in [0, 0.1) is 5.92 Å². The molecule has 2 heteroatoms. The van der Waals surface area contributed by atoms with Gasteiger partial charge in [-0.2, -0.15) is 0 Å². The summed E-state index contributed by atoms with van der Waals surface area (Å²) in [7, 11) is 1.79. The number of hydrogen-bond acceptors (Lipinski definition) is 2. The third kappa shape index (κ3) is 2.67. The summed E-state index contributed by atoms with van der Waals surface area (Å²) in [5.41, 5.74) is 0. The van der Waals surface area contributed by atoms with Crippen LogP contribution >= 0.6 is 0 Å². The van der Waals surface area contributed by atoms with E-state index in [1.807, 2.05) is 0 Å². The highest BCUT2D eigenvalue weighted by molar-refractivity contribution is 4.65. The van der Waals surface area contributed by atoms with Crippen LogP contribution < -0.4 is 5.32 Å². The van der Waals surface area contributed by atoms with Gasteiger partial charge in [-0.15, -0.1) is 0 Å². The van der Waals surface area contributed by atoms with E-state index in [-0.39, 0.29) is 0 Å². The highest BCUT2D eigenvalue weighted by atomic mass is 16.5. The minimum atomic E-state index is 0.806. The van der Waals surface area contributed by atoms with E-state index >= 15 is 0 Å². The van der Waals surface area contributed by atoms with Gasteiger partial charge in [0, 0.05) is 13.7 Å². The quantitative estimate of drug-likeness (QED) is 0.623. The molecule has 1 fully saturated rings. The fraction of sp³-hybridized carbons (Fsp3) is 1.00. The molecule has 0 radical (unpaired) electrons. The summed E-state index contributed by atoms with van der Waals surface area (Å²) < 4.78 is 5.11. The molecule has 1 rings (SSSR count). The molecule has 1 atom stereocenters. The van der Waals surface area contributed by atoms with Gasteiger partial charge in [0.2, 0.25) is 0 Å². The Hall–Kier alpha value is -0.0800. The van der Waals surface area contributed by atoms with E-state index < -0.39 is 0 Å². The smallest absolute Gasteiger partial charge is 0.0490 e. The van der Waals surface area contributed by atoms with Crippen LogP contribution in [0.3, 0.4) is 0 Å². The monoisotopic (exact) mass is 143 g/mol. The molecule has 1 saturated heterocycles. The molecule has 1 N–H and O–H groups in total. The Bertz CT molecular complexity index is 77.3. The fourth-order valence-electron chi connectivity index (χ4n) is 1.49. The maximum atomic E-state index is 5.11. The van der Waals surface area contributed by atoms with Crippen LogP contribution in [0.15, 0.2) is 0 Å². The standard InChI is InChI=1S/C8H17NO/c1-10-7-8-3-2-5-9-6-4-8/h8-9H,2-7H2,1H3. The first-order chi connectivity index (χ1) is 4.93. The van der Waals surface area contributed by atoms with Crippen molar-refractivity contribution in [3.63, 3.8) is 0 Å². The van der Waals surface area contributed by atoms with Crippen LogP contribution in [0.4, 0.5) is 0 Å². The van der Waals surface area contributed by atoms with Gasteiger partial charge in [-0.05, 0) is 38.3 Å². The topological polar surface area (TPSA) is 21.3 Å². The number of rotatable bonds is 2. The third-order valence-corrected chi connectivity index (χ3v) is 2.10. The Morgan fingerprint density at radius 2 is 2.30 bits per heavy atom. The van der Waals surface area contributed by atoms with Crippen molar-refractivity contribution in [2.24, 2.45) is 5.92 Å². The van der Waals surface area contributed by atoms with Crippen LogP contribution in [0.2, 0.25) is 0 Å². The number of ether oxygens (including phenoxy) is 1. The lowest BCUT2D eigenvalue weighted by molar-refractivity contribution is 0.146. The van der Waals surface area contributed by atoms with Crippen molar-refractivity contribution in [3.05, 3.63) is 0 Å². The van der Waals surface area contributed by atoms with Crippen LogP contribution in [-0.4, -0.2) is 26.8 Å². The van der Waals surface area contributed by atoms with Crippen LogP contribution in [0.1, 0.15) is 19.3 Å². The lowest BCUT2D eigenvalue weighted by Crippen LogP contribution is -2.15. The SMILES string of the molecule is COCC1CCCNCC1. The second-order valence-electron chi connectivity index (χ2n) is 3.00. The third-order valence-electron chi connectivity index (χ3n) is 2.10. The normalized spacial score (nSPS) is 27.9. The molecular weight excluding hydrogens is 126 g/mol. The molecule has 0 aromatic rings. The first-order valence-electron chi connectivity index (χ1n) is 4.13. The number of nitrogens with one attached hydrogen (secondary N) is 1. The van der Waals surface area contributed by atoms with Gasteiger partial charge in [-0.3, -0.25) is 0 Å². The van der Waals surface area contributed by atoms with Crippen LogP contribution in [0.5, 0.6) is 0 Å². The summed E-state index contributed by atoms with van der Waals surface area (Å²) in [6.07, 6.45) is 3.93. The van der Waals surface area contributed by atoms with E-state index in [1.54, 1.807) is 7.11 Å². The Morgan fingerprint density at radius 3 is 3.10 bits per heavy atom. The fourth-order valence-corrected chi connectivity index (χ4v) is 1.49. The molecular formula is C8H17NO. The van der Waals surface area contributed by atoms with E-state index in [4.69, 9.17) is 4.74 Å². The summed E-state index contributed by atoms with van der Waals surface area (Å²) in [6.45, 7) is 3.32. The van der Waals surface area contributed by atoms with Crippen molar-refractivity contribution in [2.75, 3.05) is 26.8 Å². The van der Waals surface area contributed by atoms with Gasteiger partial charge in [-0.25, -0.2) is 0 Å². The van der Waals surface area contributed by atoms with E-state index in [1.165, 1.54) is 32.4 Å². The molecule has 0 aromatic carbocycles. The van der Waals surface area contributed by atoms with Crippen LogP contribution in [0.25, 0.3) is 0 Å². The molecule has 0 aliphatic carbocycles. The largest absolute Gasteiger partial charge is 0.384 e. The van der Waals surface area contributed by atoms with E-state index in [0.717, 1.165) is 12.5 Å². The molecule has 1 aliphatic rings. The van der Waals surface area contributed by atoms with Crippen molar-refractivity contribution in [2.45, 2.75) is 19.3 Å². The highest BCUT2D eigenvalue weighted by Crippen LogP contribution is 2.12.